The summed E-state index contributed by atoms with van der Waals surface area (Å²) in [5, 5.41) is 9.40. The van der Waals surface area contributed by atoms with Gasteiger partial charge in [0.2, 0.25) is 0 Å². The number of benzene rings is 1. The third-order valence-corrected chi connectivity index (χ3v) is 4.63. The van der Waals surface area contributed by atoms with Crippen molar-refractivity contribution in [2.45, 2.75) is 25.8 Å². The summed E-state index contributed by atoms with van der Waals surface area (Å²) in [7, 11) is 3.07. The molecule has 1 aliphatic heterocycles. The number of carboxylic acids is 1. The van der Waals surface area contributed by atoms with E-state index in [9.17, 15) is 14.7 Å². The first kappa shape index (κ1) is 18.6. The molecule has 1 atom stereocenters. The summed E-state index contributed by atoms with van der Waals surface area (Å²) in [6.45, 7) is 2.17. The van der Waals surface area contributed by atoms with Crippen molar-refractivity contribution in [1.82, 2.24) is 14.9 Å². The molecule has 8 heteroatoms. The SMILES string of the molecule is COc1cc2c(cc1OC)C(CC(=O)O)N(C(=O)c1cnc(C)cn1)CC2. The van der Waals surface area contributed by atoms with E-state index in [4.69, 9.17) is 9.47 Å². The second kappa shape index (κ2) is 7.61. The van der Waals surface area contributed by atoms with Crippen LogP contribution in [0.25, 0.3) is 0 Å². The quantitative estimate of drug-likeness (QED) is 0.858. The van der Waals surface area contributed by atoms with Gasteiger partial charge in [-0.15, -0.1) is 0 Å². The van der Waals surface area contributed by atoms with Crippen molar-refractivity contribution >= 4 is 11.9 Å². The van der Waals surface area contributed by atoms with Gasteiger partial charge >= 0.3 is 5.97 Å². The van der Waals surface area contributed by atoms with E-state index in [2.05, 4.69) is 9.97 Å². The molecule has 0 saturated carbocycles. The first-order chi connectivity index (χ1) is 12.9. The Kier molecular flexibility index (Phi) is 5.25. The smallest absolute Gasteiger partial charge is 0.305 e. The highest BCUT2D eigenvalue weighted by atomic mass is 16.5. The molecule has 0 saturated heterocycles. The lowest BCUT2D eigenvalue weighted by Crippen LogP contribution is -2.41. The van der Waals surface area contributed by atoms with Crippen LogP contribution in [0, 0.1) is 6.92 Å². The standard InChI is InChI=1S/C19H21N3O5/c1-11-9-21-14(10-20-11)19(25)22-5-4-12-6-16(26-2)17(27-3)7-13(12)15(22)8-18(23)24/h6-7,9-10,15H,4-5,8H2,1-3H3,(H,23,24). The number of hydrogen-bond acceptors (Lipinski definition) is 6. The molecule has 1 aromatic heterocycles. The van der Waals surface area contributed by atoms with E-state index in [1.165, 1.54) is 19.5 Å². The maximum absolute atomic E-state index is 13.0. The average Bonchev–Trinajstić information content (AvgIpc) is 2.66. The number of aryl methyl sites for hydroxylation is 1. The van der Waals surface area contributed by atoms with Gasteiger partial charge in [0.25, 0.3) is 5.91 Å². The maximum atomic E-state index is 13.0. The number of rotatable bonds is 5. The lowest BCUT2D eigenvalue weighted by atomic mass is 9.89. The highest BCUT2D eigenvalue weighted by molar-refractivity contribution is 5.93. The Morgan fingerprint density at radius 1 is 1.19 bits per heavy atom. The molecule has 142 valence electrons. The molecule has 3 rings (SSSR count). The number of aliphatic carboxylic acids is 1. The molecular formula is C19H21N3O5. The van der Waals surface area contributed by atoms with Crippen LogP contribution < -0.4 is 9.47 Å². The van der Waals surface area contributed by atoms with E-state index < -0.39 is 12.0 Å². The van der Waals surface area contributed by atoms with Crippen LogP contribution in [0.4, 0.5) is 0 Å². The minimum absolute atomic E-state index is 0.194. The lowest BCUT2D eigenvalue weighted by Gasteiger charge is -2.37. The highest BCUT2D eigenvalue weighted by Gasteiger charge is 2.34. The Labute approximate surface area is 156 Å². The third-order valence-electron chi connectivity index (χ3n) is 4.63. The molecule has 2 aromatic rings. The molecule has 1 aromatic carbocycles. The highest BCUT2D eigenvalue weighted by Crippen LogP contribution is 2.39. The van der Waals surface area contributed by atoms with Crippen LogP contribution in [0.5, 0.6) is 11.5 Å². The number of hydrogen-bond donors (Lipinski definition) is 1. The fraction of sp³-hybridized carbons (Fsp3) is 0.368. The van der Waals surface area contributed by atoms with E-state index in [0.29, 0.717) is 30.2 Å². The monoisotopic (exact) mass is 371 g/mol. The van der Waals surface area contributed by atoms with Gasteiger partial charge in [0.15, 0.2) is 11.5 Å². The number of ether oxygens (including phenoxy) is 2. The molecular weight excluding hydrogens is 350 g/mol. The van der Waals surface area contributed by atoms with Crippen molar-refractivity contribution in [3.05, 3.63) is 47.0 Å². The Bertz CT molecular complexity index is 866. The van der Waals surface area contributed by atoms with Crippen LogP contribution in [0.3, 0.4) is 0 Å². The topological polar surface area (TPSA) is 102 Å². The second-order valence-electron chi connectivity index (χ2n) is 6.31. The third kappa shape index (κ3) is 3.69. The van der Waals surface area contributed by atoms with Crippen molar-refractivity contribution in [1.29, 1.82) is 0 Å². The van der Waals surface area contributed by atoms with Gasteiger partial charge in [-0.1, -0.05) is 0 Å². The summed E-state index contributed by atoms with van der Waals surface area (Å²) in [6, 6.07) is 2.97. The van der Waals surface area contributed by atoms with E-state index in [-0.39, 0.29) is 18.0 Å². The molecule has 1 amide bonds. The predicted octanol–water partition coefficient (Wildman–Crippen LogP) is 2.02. The van der Waals surface area contributed by atoms with Crippen molar-refractivity contribution in [3.8, 4) is 11.5 Å². The van der Waals surface area contributed by atoms with Crippen LogP contribution in [-0.2, 0) is 11.2 Å². The van der Waals surface area contributed by atoms with Crippen LogP contribution in [-0.4, -0.2) is 52.6 Å². The first-order valence-corrected chi connectivity index (χ1v) is 8.50. The molecule has 1 N–H and O–H groups in total. The summed E-state index contributed by atoms with van der Waals surface area (Å²) in [4.78, 5) is 34.2. The summed E-state index contributed by atoms with van der Waals surface area (Å²) in [5.41, 5.74) is 2.59. The molecule has 0 bridgehead atoms. The number of carboxylic acid groups (broad SMARTS) is 1. The van der Waals surface area contributed by atoms with Crippen molar-refractivity contribution < 1.29 is 24.2 Å². The first-order valence-electron chi connectivity index (χ1n) is 8.50. The van der Waals surface area contributed by atoms with Crippen molar-refractivity contribution in [3.63, 3.8) is 0 Å². The average molecular weight is 371 g/mol. The van der Waals surface area contributed by atoms with Crippen molar-refractivity contribution in [2.75, 3.05) is 20.8 Å². The zero-order chi connectivity index (χ0) is 19.6. The van der Waals surface area contributed by atoms with E-state index >= 15 is 0 Å². The van der Waals surface area contributed by atoms with Crippen LogP contribution in [0.15, 0.2) is 24.5 Å². The Balaban J connectivity index is 2.02. The summed E-state index contributed by atoms with van der Waals surface area (Å²) >= 11 is 0. The van der Waals surface area contributed by atoms with Crippen LogP contribution >= 0.6 is 0 Å². The van der Waals surface area contributed by atoms with E-state index in [0.717, 1.165) is 11.1 Å². The number of nitrogens with zero attached hydrogens (tertiary/aromatic N) is 3. The number of amides is 1. The van der Waals surface area contributed by atoms with Crippen molar-refractivity contribution in [2.24, 2.45) is 0 Å². The minimum Gasteiger partial charge on any atom is -0.493 e. The van der Waals surface area contributed by atoms with Gasteiger partial charge in [-0.3, -0.25) is 14.6 Å². The normalized spacial score (nSPS) is 15.8. The van der Waals surface area contributed by atoms with Gasteiger partial charge in [-0.05, 0) is 36.6 Å². The molecule has 8 nitrogen and oxygen atoms in total. The fourth-order valence-corrected chi connectivity index (χ4v) is 3.31. The molecule has 1 unspecified atom stereocenters. The van der Waals surface area contributed by atoms with Crippen LogP contribution in [0.2, 0.25) is 0 Å². The molecule has 0 spiro atoms. The summed E-state index contributed by atoms with van der Waals surface area (Å²) in [6.07, 6.45) is 3.30. The zero-order valence-corrected chi connectivity index (χ0v) is 15.4. The number of aromatic nitrogens is 2. The van der Waals surface area contributed by atoms with Gasteiger partial charge < -0.3 is 19.5 Å². The predicted molar refractivity (Wildman–Crippen MR) is 96.0 cm³/mol. The van der Waals surface area contributed by atoms with Gasteiger partial charge in [0.05, 0.1) is 38.6 Å². The summed E-state index contributed by atoms with van der Waals surface area (Å²) in [5.74, 6) is -0.254. The van der Waals surface area contributed by atoms with Gasteiger partial charge in [-0.25, -0.2) is 4.98 Å². The van der Waals surface area contributed by atoms with Gasteiger partial charge in [0, 0.05) is 12.7 Å². The molecule has 0 fully saturated rings. The largest absolute Gasteiger partial charge is 0.493 e. The maximum Gasteiger partial charge on any atom is 0.305 e. The molecule has 0 aliphatic carbocycles. The van der Waals surface area contributed by atoms with Gasteiger partial charge in [-0.2, -0.15) is 0 Å². The minimum atomic E-state index is -0.990. The summed E-state index contributed by atoms with van der Waals surface area (Å²) < 4.78 is 10.7. The Morgan fingerprint density at radius 3 is 2.48 bits per heavy atom. The molecule has 1 aliphatic rings. The fourth-order valence-electron chi connectivity index (χ4n) is 3.31. The zero-order valence-electron chi connectivity index (χ0n) is 15.4. The number of methoxy groups -OCH3 is 2. The van der Waals surface area contributed by atoms with Crippen LogP contribution in [0.1, 0.15) is 39.8 Å². The number of carbonyl (C=O) groups is 2. The molecule has 2 heterocycles. The van der Waals surface area contributed by atoms with E-state index in [1.54, 1.807) is 25.0 Å². The second-order valence-corrected chi connectivity index (χ2v) is 6.31. The number of fused-ring (bicyclic) bond motifs is 1. The molecule has 27 heavy (non-hydrogen) atoms. The lowest BCUT2D eigenvalue weighted by molar-refractivity contribution is -0.138. The molecule has 0 radical (unpaired) electrons. The van der Waals surface area contributed by atoms with Gasteiger partial charge in [0.1, 0.15) is 5.69 Å². The Morgan fingerprint density at radius 2 is 1.89 bits per heavy atom. The number of carbonyl (C=O) groups excluding carboxylic acids is 1. The van der Waals surface area contributed by atoms with E-state index in [1.807, 2.05) is 6.07 Å². The Hall–Kier alpha value is -3.16.